The van der Waals surface area contributed by atoms with Crippen LogP contribution in [0.1, 0.15) is 12.5 Å². The molecule has 0 aromatic heterocycles. The monoisotopic (exact) mass is 288 g/mol. The van der Waals surface area contributed by atoms with Gasteiger partial charge in [0.1, 0.15) is 5.75 Å². The van der Waals surface area contributed by atoms with Gasteiger partial charge in [-0.15, -0.1) is 0 Å². The Labute approximate surface area is 111 Å². The molecule has 0 aliphatic carbocycles. The first kappa shape index (κ1) is 15.2. The van der Waals surface area contributed by atoms with E-state index < -0.39 is 0 Å². The van der Waals surface area contributed by atoms with Crippen LogP contribution in [0.4, 0.5) is 0 Å². The molecule has 0 fully saturated rings. The molecular weight excluding hydrogens is 276 g/mol. The summed E-state index contributed by atoms with van der Waals surface area (Å²) in [5.41, 5.74) is 0.923. The molecular formula is C11H13CuO3S. The van der Waals surface area contributed by atoms with Crippen molar-refractivity contribution in [1.82, 2.24) is 0 Å². The number of hydrogen-bond donors (Lipinski definition) is 0. The second-order valence-corrected chi connectivity index (χ2v) is 3.49. The zero-order valence-electron chi connectivity index (χ0n) is 9.08. The maximum atomic E-state index is 11.0. The van der Waals surface area contributed by atoms with E-state index in [0.717, 1.165) is 10.5 Å². The maximum absolute atomic E-state index is 11.0. The molecule has 0 saturated carbocycles. The van der Waals surface area contributed by atoms with Crippen LogP contribution in [0.2, 0.25) is 0 Å². The first-order valence-electron chi connectivity index (χ1n) is 4.69. The van der Waals surface area contributed by atoms with Gasteiger partial charge in [0.05, 0.1) is 6.61 Å². The summed E-state index contributed by atoms with van der Waals surface area (Å²) >= 11 is 4.99. The number of carbonyl (C=O) groups excluding carboxylic acids is 1. The molecule has 0 unspecified atom stereocenters. The van der Waals surface area contributed by atoms with Gasteiger partial charge in [-0.2, -0.15) is 4.90 Å². The molecule has 16 heavy (non-hydrogen) atoms. The number of carbonyl (C=O) groups is 1. The molecule has 0 spiro atoms. The van der Waals surface area contributed by atoms with Gasteiger partial charge in [-0.3, -0.25) is 0 Å². The first-order chi connectivity index (χ1) is 7.13. The van der Waals surface area contributed by atoms with Gasteiger partial charge in [0.15, 0.2) is 6.61 Å². The van der Waals surface area contributed by atoms with Gasteiger partial charge in [-0.05, 0) is 25.5 Å². The molecule has 1 rings (SSSR count). The van der Waals surface area contributed by atoms with Crippen molar-refractivity contribution in [3.05, 3.63) is 23.8 Å². The van der Waals surface area contributed by atoms with Crippen LogP contribution in [0.3, 0.4) is 0 Å². The van der Waals surface area contributed by atoms with Gasteiger partial charge >= 0.3 is 23.0 Å². The molecule has 1 aromatic carbocycles. The smallest absolute Gasteiger partial charge is 0.780 e. The summed E-state index contributed by atoms with van der Waals surface area (Å²) in [5, 5.41) is 0. The van der Waals surface area contributed by atoms with E-state index in [1.807, 2.05) is 13.0 Å². The predicted molar refractivity (Wildman–Crippen MR) is 58.9 cm³/mol. The van der Waals surface area contributed by atoms with Gasteiger partial charge in [-0.25, -0.2) is 4.79 Å². The van der Waals surface area contributed by atoms with E-state index in [9.17, 15) is 4.79 Å². The fourth-order valence-electron chi connectivity index (χ4n) is 1.12. The van der Waals surface area contributed by atoms with Crippen molar-refractivity contribution >= 4 is 18.6 Å². The molecule has 5 heteroatoms. The summed E-state index contributed by atoms with van der Waals surface area (Å²) < 4.78 is 10.0. The summed E-state index contributed by atoms with van der Waals surface area (Å²) in [5.74, 6) is 0.302. The van der Waals surface area contributed by atoms with Crippen LogP contribution in [-0.4, -0.2) is 19.2 Å². The Balaban J connectivity index is 0.00000225. The molecule has 0 bridgehead atoms. The van der Waals surface area contributed by atoms with E-state index in [1.54, 1.807) is 19.1 Å². The molecule has 0 N–H and O–H groups in total. The molecule has 0 aliphatic rings. The third-order valence-electron chi connectivity index (χ3n) is 1.80. The quantitative estimate of drug-likeness (QED) is 0.481. The normalized spacial score (nSPS) is 9.12. The minimum Gasteiger partial charge on any atom is -0.780 e. The van der Waals surface area contributed by atoms with E-state index in [2.05, 4.69) is 0 Å². The molecule has 0 amide bonds. The molecule has 0 radical (unpaired) electrons. The third kappa shape index (κ3) is 4.83. The van der Waals surface area contributed by atoms with Crippen molar-refractivity contribution in [3.8, 4) is 5.75 Å². The van der Waals surface area contributed by atoms with Gasteiger partial charge < -0.3 is 22.1 Å². The Morgan fingerprint density at radius 1 is 1.44 bits per heavy atom. The molecule has 0 saturated heterocycles. The second-order valence-electron chi connectivity index (χ2n) is 3.02. The zero-order valence-corrected chi connectivity index (χ0v) is 10.8. The summed E-state index contributed by atoms with van der Waals surface area (Å²) in [6.07, 6.45) is 0. The standard InChI is InChI=1S/C11H14O3S.Cu/c1-3-13-11(12)7-14-10-5-4-9(15)6-8(10)2;/h4-6,15H,3,7H2,1-2H3;/q;+1/p-1. The van der Waals surface area contributed by atoms with E-state index in [-0.39, 0.29) is 29.6 Å². The number of benzene rings is 1. The Morgan fingerprint density at radius 2 is 2.12 bits per heavy atom. The molecule has 3 nitrogen and oxygen atoms in total. The molecule has 1 aromatic rings. The minimum atomic E-state index is -0.362. The number of esters is 1. The van der Waals surface area contributed by atoms with Gasteiger partial charge in [-0.1, -0.05) is 12.1 Å². The number of rotatable bonds is 4. The first-order valence-corrected chi connectivity index (χ1v) is 5.10. The van der Waals surface area contributed by atoms with Crippen molar-refractivity contribution in [2.24, 2.45) is 0 Å². The van der Waals surface area contributed by atoms with Gasteiger partial charge in [0.2, 0.25) is 0 Å². The van der Waals surface area contributed by atoms with Crippen molar-refractivity contribution < 1.29 is 31.3 Å². The Bertz CT molecular complexity index is 355. The number of hydrogen-bond acceptors (Lipinski definition) is 4. The zero-order chi connectivity index (χ0) is 11.3. The topological polar surface area (TPSA) is 35.5 Å². The molecule has 0 heterocycles. The maximum Gasteiger partial charge on any atom is 1.00 e. The summed E-state index contributed by atoms with van der Waals surface area (Å²) in [6, 6.07) is 5.36. The number of ether oxygens (including phenoxy) is 2. The van der Waals surface area contributed by atoms with Crippen LogP contribution in [0.15, 0.2) is 23.1 Å². The van der Waals surface area contributed by atoms with E-state index in [4.69, 9.17) is 22.1 Å². The van der Waals surface area contributed by atoms with Crippen molar-refractivity contribution in [2.75, 3.05) is 13.2 Å². The van der Waals surface area contributed by atoms with E-state index >= 15 is 0 Å². The summed E-state index contributed by atoms with van der Waals surface area (Å²) in [6.45, 7) is 3.95. The Hall–Kier alpha value is -0.771. The van der Waals surface area contributed by atoms with Crippen molar-refractivity contribution in [3.63, 3.8) is 0 Å². The van der Waals surface area contributed by atoms with E-state index in [0.29, 0.717) is 12.4 Å². The van der Waals surface area contributed by atoms with Crippen LogP contribution in [-0.2, 0) is 39.2 Å². The van der Waals surface area contributed by atoms with Crippen molar-refractivity contribution in [2.45, 2.75) is 18.7 Å². The average molecular weight is 289 g/mol. The molecule has 92 valence electrons. The van der Waals surface area contributed by atoms with Crippen LogP contribution in [0.5, 0.6) is 5.75 Å². The fraction of sp³-hybridized carbons (Fsp3) is 0.364. The SMILES string of the molecule is CCOC(=O)COc1ccc([S-])cc1C.[Cu+]. The van der Waals surface area contributed by atoms with Crippen LogP contribution in [0.25, 0.3) is 0 Å². The van der Waals surface area contributed by atoms with E-state index in [1.165, 1.54) is 0 Å². The van der Waals surface area contributed by atoms with Gasteiger partial charge in [0.25, 0.3) is 0 Å². The summed E-state index contributed by atoms with van der Waals surface area (Å²) in [4.78, 5) is 11.8. The largest absolute Gasteiger partial charge is 1.00 e. The molecule has 0 aliphatic heterocycles. The summed E-state index contributed by atoms with van der Waals surface area (Å²) in [7, 11) is 0. The molecule has 0 atom stereocenters. The predicted octanol–water partition coefficient (Wildman–Crippen LogP) is 1.84. The minimum absolute atomic E-state index is 0. The average Bonchev–Trinajstić information content (AvgIpc) is 2.17. The third-order valence-corrected chi connectivity index (χ3v) is 2.05. The van der Waals surface area contributed by atoms with Crippen LogP contribution < -0.4 is 4.74 Å². The fourth-order valence-corrected chi connectivity index (χ4v) is 1.37. The second kappa shape index (κ2) is 7.49. The van der Waals surface area contributed by atoms with Crippen molar-refractivity contribution in [1.29, 1.82) is 0 Å². The van der Waals surface area contributed by atoms with Crippen LogP contribution in [0, 0.1) is 6.92 Å². The Kier molecular flexibility index (Phi) is 7.13. The Morgan fingerprint density at radius 3 is 2.69 bits per heavy atom. The number of aryl methyl sites for hydroxylation is 1. The van der Waals surface area contributed by atoms with Gasteiger partial charge in [0, 0.05) is 0 Å². The van der Waals surface area contributed by atoms with Crippen LogP contribution >= 0.6 is 0 Å².